The molecule has 0 saturated carbocycles. The summed E-state index contributed by atoms with van der Waals surface area (Å²) in [5.74, 6) is 0. The van der Waals surface area contributed by atoms with Crippen LogP contribution in [0.4, 0.5) is 9.59 Å². The molecular formula is C18H26N2O4. The molecule has 6 heteroatoms. The van der Waals surface area contributed by atoms with Crippen LogP contribution in [-0.2, 0) is 16.1 Å². The second-order valence-corrected chi connectivity index (χ2v) is 7.12. The molecule has 0 aromatic heterocycles. The number of hydrogen-bond acceptors (Lipinski definition) is 4. The quantitative estimate of drug-likeness (QED) is 0.921. The first kappa shape index (κ1) is 18.1. The van der Waals surface area contributed by atoms with Crippen LogP contribution in [0, 0.1) is 0 Å². The topological polar surface area (TPSA) is 67.9 Å². The molecule has 132 valence electrons. The maximum absolute atomic E-state index is 12.2. The minimum Gasteiger partial charge on any atom is -0.445 e. The summed E-state index contributed by atoms with van der Waals surface area (Å²) in [6.07, 6.45) is -0.140. The highest BCUT2D eigenvalue weighted by Crippen LogP contribution is 2.19. The fourth-order valence-corrected chi connectivity index (χ4v) is 2.67. The zero-order chi connectivity index (χ0) is 17.7. The zero-order valence-electron chi connectivity index (χ0n) is 14.7. The second-order valence-electron chi connectivity index (χ2n) is 7.12. The predicted octanol–water partition coefficient (Wildman–Crippen LogP) is 3.31. The number of rotatable bonds is 3. The number of nitrogens with zero attached hydrogens (tertiary/aromatic N) is 1. The van der Waals surface area contributed by atoms with Gasteiger partial charge in [-0.15, -0.1) is 0 Å². The molecule has 0 radical (unpaired) electrons. The Bertz CT molecular complexity index is 568. The highest BCUT2D eigenvalue weighted by molar-refractivity contribution is 5.70. The minimum atomic E-state index is -0.539. The Morgan fingerprint density at radius 1 is 1.25 bits per heavy atom. The van der Waals surface area contributed by atoms with Crippen molar-refractivity contribution in [1.82, 2.24) is 10.2 Å². The molecule has 0 spiro atoms. The molecule has 1 aromatic carbocycles. The van der Waals surface area contributed by atoms with Crippen LogP contribution in [0.25, 0.3) is 0 Å². The van der Waals surface area contributed by atoms with Gasteiger partial charge in [-0.2, -0.15) is 0 Å². The van der Waals surface area contributed by atoms with Gasteiger partial charge in [-0.25, -0.2) is 9.59 Å². The lowest BCUT2D eigenvalue weighted by Crippen LogP contribution is -2.41. The average molecular weight is 334 g/mol. The van der Waals surface area contributed by atoms with E-state index in [1.807, 2.05) is 58.0 Å². The lowest BCUT2D eigenvalue weighted by Gasteiger charge is -2.22. The molecule has 6 nitrogen and oxygen atoms in total. The summed E-state index contributed by atoms with van der Waals surface area (Å²) in [6, 6.07) is 9.43. The van der Waals surface area contributed by atoms with Gasteiger partial charge >= 0.3 is 12.2 Å². The fourth-order valence-electron chi connectivity index (χ4n) is 2.67. The van der Waals surface area contributed by atoms with Gasteiger partial charge in [0, 0.05) is 12.6 Å². The lowest BCUT2D eigenvalue weighted by atomic mass is 10.2. The minimum absolute atomic E-state index is 0.00760. The molecule has 1 aliphatic heterocycles. The number of benzene rings is 1. The second kappa shape index (κ2) is 7.55. The normalized spacial score (nSPS) is 20.6. The Kier molecular flexibility index (Phi) is 5.70. The molecule has 1 heterocycles. The monoisotopic (exact) mass is 334 g/mol. The van der Waals surface area contributed by atoms with E-state index in [1.54, 1.807) is 4.90 Å². The van der Waals surface area contributed by atoms with Gasteiger partial charge in [0.25, 0.3) is 0 Å². The summed E-state index contributed by atoms with van der Waals surface area (Å²) in [4.78, 5) is 25.7. The summed E-state index contributed by atoms with van der Waals surface area (Å²) in [5.41, 5.74) is 0.406. The van der Waals surface area contributed by atoms with Crippen molar-refractivity contribution in [2.24, 2.45) is 0 Å². The number of amides is 2. The van der Waals surface area contributed by atoms with Gasteiger partial charge in [0.1, 0.15) is 12.2 Å². The van der Waals surface area contributed by atoms with Crippen molar-refractivity contribution in [1.29, 1.82) is 0 Å². The van der Waals surface area contributed by atoms with Crippen LogP contribution in [0.5, 0.6) is 0 Å². The van der Waals surface area contributed by atoms with E-state index in [2.05, 4.69) is 5.32 Å². The zero-order valence-corrected chi connectivity index (χ0v) is 14.7. The van der Waals surface area contributed by atoms with Crippen molar-refractivity contribution in [3.63, 3.8) is 0 Å². The van der Waals surface area contributed by atoms with Gasteiger partial charge < -0.3 is 19.7 Å². The van der Waals surface area contributed by atoms with Crippen LogP contribution < -0.4 is 5.32 Å². The fraction of sp³-hybridized carbons (Fsp3) is 0.556. The molecule has 0 bridgehead atoms. The molecule has 0 aliphatic carbocycles. The summed E-state index contributed by atoms with van der Waals surface area (Å²) in [5, 5.41) is 2.81. The number of hydrogen-bond donors (Lipinski definition) is 1. The van der Waals surface area contributed by atoms with Gasteiger partial charge in [-0.1, -0.05) is 30.3 Å². The predicted molar refractivity (Wildman–Crippen MR) is 90.6 cm³/mol. The highest BCUT2D eigenvalue weighted by Gasteiger charge is 2.35. The van der Waals surface area contributed by atoms with E-state index in [1.165, 1.54) is 0 Å². The summed E-state index contributed by atoms with van der Waals surface area (Å²) >= 11 is 0. The van der Waals surface area contributed by atoms with Crippen LogP contribution in [0.2, 0.25) is 0 Å². The van der Waals surface area contributed by atoms with Crippen molar-refractivity contribution < 1.29 is 19.1 Å². The first-order valence-electron chi connectivity index (χ1n) is 8.21. The Balaban J connectivity index is 1.82. The van der Waals surface area contributed by atoms with Gasteiger partial charge in [-0.3, -0.25) is 0 Å². The van der Waals surface area contributed by atoms with Crippen molar-refractivity contribution in [3.05, 3.63) is 35.9 Å². The van der Waals surface area contributed by atoms with Gasteiger partial charge in [0.15, 0.2) is 0 Å². The molecule has 1 fully saturated rings. The molecule has 2 rings (SSSR count). The van der Waals surface area contributed by atoms with Crippen LogP contribution >= 0.6 is 0 Å². The smallest absolute Gasteiger partial charge is 0.410 e. The largest absolute Gasteiger partial charge is 0.445 e. The van der Waals surface area contributed by atoms with E-state index in [9.17, 15) is 9.59 Å². The number of alkyl carbamates (subject to hydrolysis) is 1. The first-order valence-corrected chi connectivity index (χ1v) is 8.21. The highest BCUT2D eigenvalue weighted by atomic mass is 16.6. The van der Waals surface area contributed by atoms with Crippen molar-refractivity contribution >= 4 is 12.2 Å². The van der Waals surface area contributed by atoms with Crippen LogP contribution in [0.15, 0.2) is 30.3 Å². The SMILES string of the molecule is CC1CC(NC(=O)OC(C)(C)C)CN1C(=O)OCc1ccccc1. The summed E-state index contributed by atoms with van der Waals surface area (Å²) in [6.45, 7) is 8.06. The number of ether oxygens (including phenoxy) is 2. The summed E-state index contributed by atoms with van der Waals surface area (Å²) in [7, 11) is 0. The van der Waals surface area contributed by atoms with Gasteiger partial charge in [0.05, 0.1) is 6.04 Å². The lowest BCUT2D eigenvalue weighted by molar-refractivity contribution is 0.0502. The van der Waals surface area contributed by atoms with Gasteiger partial charge in [0.2, 0.25) is 0 Å². The maximum atomic E-state index is 12.2. The van der Waals surface area contributed by atoms with Crippen LogP contribution in [0.3, 0.4) is 0 Å². The van der Waals surface area contributed by atoms with Gasteiger partial charge in [-0.05, 0) is 39.7 Å². The molecule has 24 heavy (non-hydrogen) atoms. The molecule has 2 atom stereocenters. The van der Waals surface area contributed by atoms with E-state index in [-0.39, 0.29) is 24.8 Å². The molecule has 1 aromatic rings. The molecule has 2 amide bonds. The Hall–Kier alpha value is -2.24. The third kappa shape index (κ3) is 5.44. The number of likely N-dealkylation sites (tertiary alicyclic amines) is 1. The molecule has 1 saturated heterocycles. The Labute approximate surface area is 143 Å². The molecule has 1 aliphatic rings. The van der Waals surface area contributed by atoms with Crippen molar-refractivity contribution in [2.75, 3.05) is 6.54 Å². The van der Waals surface area contributed by atoms with Crippen molar-refractivity contribution in [2.45, 2.75) is 58.4 Å². The molecule has 2 unspecified atom stereocenters. The van der Waals surface area contributed by atoms with E-state index < -0.39 is 11.7 Å². The van der Waals surface area contributed by atoms with Crippen LogP contribution in [0.1, 0.15) is 39.7 Å². The molecule has 1 N–H and O–H groups in total. The van der Waals surface area contributed by atoms with E-state index in [0.717, 1.165) is 5.56 Å². The Morgan fingerprint density at radius 3 is 2.54 bits per heavy atom. The van der Waals surface area contributed by atoms with Crippen LogP contribution in [-0.4, -0.2) is 41.3 Å². The third-order valence-electron chi connectivity index (χ3n) is 3.74. The first-order chi connectivity index (χ1) is 11.2. The van der Waals surface area contributed by atoms with E-state index in [4.69, 9.17) is 9.47 Å². The van der Waals surface area contributed by atoms with E-state index >= 15 is 0 Å². The summed E-state index contributed by atoms with van der Waals surface area (Å²) < 4.78 is 10.6. The van der Waals surface area contributed by atoms with E-state index in [0.29, 0.717) is 13.0 Å². The Morgan fingerprint density at radius 2 is 1.92 bits per heavy atom. The standard InChI is InChI=1S/C18H26N2O4/c1-13-10-15(19-16(21)24-18(2,3)4)11-20(13)17(22)23-12-14-8-6-5-7-9-14/h5-9,13,15H,10-12H2,1-4H3,(H,19,21). The number of carbonyl (C=O) groups excluding carboxylic acids is 2. The number of nitrogens with one attached hydrogen (secondary N) is 1. The van der Waals surface area contributed by atoms with Crippen molar-refractivity contribution in [3.8, 4) is 0 Å². The molecular weight excluding hydrogens is 308 g/mol. The average Bonchev–Trinajstić information content (AvgIpc) is 2.84. The number of carbonyl (C=O) groups is 2. The maximum Gasteiger partial charge on any atom is 0.410 e. The third-order valence-corrected chi connectivity index (χ3v) is 3.74.